The van der Waals surface area contributed by atoms with Gasteiger partial charge < -0.3 is 9.47 Å². The van der Waals surface area contributed by atoms with E-state index in [1.54, 1.807) is 0 Å². The molecular formula is C9H13ClN2O2. The third kappa shape index (κ3) is 1.65. The van der Waals surface area contributed by atoms with Gasteiger partial charge in [-0.1, -0.05) is 0 Å². The van der Waals surface area contributed by atoms with Gasteiger partial charge in [-0.2, -0.15) is 5.10 Å². The van der Waals surface area contributed by atoms with Crippen LogP contribution in [0.5, 0.6) is 0 Å². The van der Waals surface area contributed by atoms with Crippen molar-refractivity contribution in [2.75, 3.05) is 12.5 Å². The summed E-state index contributed by atoms with van der Waals surface area (Å²) in [6.07, 6.45) is -0.312. The van der Waals surface area contributed by atoms with Crippen molar-refractivity contribution in [3.05, 3.63) is 17.0 Å². The highest BCUT2D eigenvalue weighted by atomic mass is 35.5. The van der Waals surface area contributed by atoms with Gasteiger partial charge in [0.05, 0.1) is 29.8 Å². The normalized spacial score (nSPS) is 27.1. The number of hydrogen-bond donors (Lipinski definition) is 1. The summed E-state index contributed by atoms with van der Waals surface area (Å²) in [5, 5.41) is 7.00. The first kappa shape index (κ1) is 9.96. The van der Waals surface area contributed by atoms with Gasteiger partial charge in [0.15, 0.2) is 6.29 Å². The number of rotatable bonds is 2. The first-order valence-electron chi connectivity index (χ1n) is 4.57. The first-order chi connectivity index (χ1) is 6.72. The van der Waals surface area contributed by atoms with Gasteiger partial charge in [0.25, 0.3) is 0 Å². The van der Waals surface area contributed by atoms with Crippen LogP contribution in [-0.4, -0.2) is 28.8 Å². The molecule has 0 amide bonds. The van der Waals surface area contributed by atoms with Crippen LogP contribution in [0.3, 0.4) is 0 Å². The monoisotopic (exact) mass is 216 g/mol. The maximum atomic E-state index is 5.69. The Balaban J connectivity index is 2.17. The Morgan fingerprint density at radius 2 is 2.36 bits per heavy atom. The molecule has 2 heterocycles. The number of nitrogens with one attached hydrogen (secondary N) is 1. The van der Waals surface area contributed by atoms with Crippen LogP contribution in [0, 0.1) is 13.8 Å². The molecule has 1 saturated heterocycles. The summed E-state index contributed by atoms with van der Waals surface area (Å²) in [5.41, 5.74) is 2.91. The lowest BCUT2D eigenvalue weighted by molar-refractivity contribution is -0.0574. The fourth-order valence-corrected chi connectivity index (χ4v) is 1.75. The Morgan fingerprint density at radius 1 is 1.57 bits per heavy atom. The lowest BCUT2D eigenvalue weighted by Gasteiger charge is -2.10. The molecule has 14 heavy (non-hydrogen) atoms. The predicted octanol–water partition coefficient (Wildman–Crippen LogP) is 1.68. The largest absolute Gasteiger partial charge is 0.345 e. The molecular weight excluding hydrogens is 204 g/mol. The molecule has 1 aliphatic heterocycles. The molecule has 5 heteroatoms. The second-order valence-corrected chi connectivity index (χ2v) is 3.73. The van der Waals surface area contributed by atoms with E-state index in [1.165, 1.54) is 0 Å². The van der Waals surface area contributed by atoms with E-state index >= 15 is 0 Å². The fourth-order valence-electron chi connectivity index (χ4n) is 1.59. The number of hydrogen-bond acceptors (Lipinski definition) is 3. The van der Waals surface area contributed by atoms with Crippen LogP contribution in [0.1, 0.15) is 23.2 Å². The Morgan fingerprint density at radius 3 is 2.86 bits per heavy atom. The summed E-state index contributed by atoms with van der Waals surface area (Å²) in [7, 11) is 0. The van der Waals surface area contributed by atoms with Gasteiger partial charge in [-0.05, 0) is 13.8 Å². The zero-order chi connectivity index (χ0) is 10.1. The summed E-state index contributed by atoms with van der Waals surface area (Å²) in [6.45, 7) is 4.44. The van der Waals surface area contributed by atoms with Crippen molar-refractivity contribution in [2.45, 2.75) is 26.2 Å². The van der Waals surface area contributed by atoms with Gasteiger partial charge in [0.1, 0.15) is 0 Å². The van der Waals surface area contributed by atoms with Crippen LogP contribution >= 0.6 is 11.6 Å². The molecule has 0 radical (unpaired) electrons. The third-order valence-electron chi connectivity index (χ3n) is 2.34. The molecule has 2 atom stereocenters. The van der Waals surface area contributed by atoms with E-state index in [4.69, 9.17) is 21.1 Å². The van der Waals surface area contributed by atoms with E-state index in [-0.39, 0.29) is 12.4 Å². The van der Waals surface area contributed by atoms with Crippen molar-refractivity contribution in [3.8, 4) is 0 Å². The first-order valence-corrected chi connectivity index (χ1v) is 5.10. The van der Waals surface area contributed by atoms with Crippen molar-refractivity contribution in [3.63, 3.8) is 0 Å². The zero-order valence-corrected chi connectivity index (χ0v) is 8.97. The van der Waals surface area contributed by atoms with Gasteiger partial charge in [0.2, 0.25) is 0 Å². The summed E-state index contributed by atoms with van der Waals surface area (Å²) in [6, 6.07) is 0. The summed E-state index contributed by atoms with van der Waals surface area (Å²) in [5.74, 6) is 0.465. The van der Waals surface area contributed by atoms with E-state index in [0.717, 1.165) is 17.0 Å². The molecule has 0 aromatic carbocycles. The van der Waals surface area contributed by atoms with Gasteiger partial charge in [-0.15, -0.1) is 11.6 Å². The smallest absolute Gasteiger partial charge is 0.187 e. The maximum absolute atomic E-state index is 5.69. The minimum Gasteiger partial charge on any atom is -0.345 e. The lowest BCUT2D eigenvalue weighted by Crippen LogP contribution is -2.11. The number of H-pyrrole nitrogens is 1. The molecule has 1 aromatic rings. The number of halogens is 1. The van der Waals surface area contributed by atoms with Crippen LogP contribution in [0.4, 0.5) is 0 Å². The van der Waals surface area contributed by atoms with Gasteiger partial charge in [0, 0.05) is 5.69 Å². The Kier molecular flexibility index (Phi) is 2.76. The van der Waals surface area contributed by atoms with Crippen molar-refractivity contribution in [1.29, 1.82) is 0 Å². The molecule has 2 unspecified atom stereocenters. The average molecular weight is 217 g/mol. The summed E-state index contributed by atoms with van der Waals surface area (Å²) < 4.78 is 11.1. The van der Waals surface area contributed by atoms with Crippen LogP contribution in [0.25, 0.3) is 0 Å². The molecule has 1 fully saturated rings. The predicted molar refractivity (Wildman–Crippen MR) is 52.3 cm³/mol. The van der Waals surface area contributed by atoms with E-state index < -0.39 is 0 Å². The Bertz CT molecular complexity index is 307. The van der Waals surface area contributed by atoms with Crippen molar-refractivity contribution < 1.29 is 9.47 Å². The Hall–Kier alpha value is -0.580. The average Bonchev–Trinajstić information content (AvgIpc) is 2.73. The molecule has 1 aliphatic rings. The van der Waals surface area contributed by atoms with Crippen molar-refractivity contribution in [1.82, 2.24) is 10.2 Å². The van der Waals surface area contributed by atoms with Gasteiger partial charge >= 0.3 is 0 Å². The van der Waals surface area contributed by atoms with E-state index in [0.29, 0.717) is 12.5 Å². The maximum Gasteiger partial charge on any atom is 0.187 e. The Labute approximate surface area is 87.5 Å². The molecule has 2 rings (SSSR count). The van der Waals surface area contributed by atoms with Gasteiger partial charge in [-0.25, -0.2) is 0 Å². The number of ether oxygens (including phenoxy) is 2. The molecule has 78 valence electrons. The molecule has 1 N–H and O–H groups in total. The molecule has 4 nitrogen and oxygen atoms in total. The summed E-state index contributed by atoms with van der Waals surface area (Å²) in [4.78, 5) is 0. The minimum absolute atomic E-state index is 0.00429. The fraction of sp³-hybridized carbons (Fsp3) is 0.667. The summed E-state index contributed by atoms with van der Waals surface area (Å²) >= 11 is 5.69. The number of aromatic nitrogens is 2. The van der Waals surface area contributed by atoms with Crippen LogP contribution in [-0.2, 0) is 9.47 Å². The lowest BCUT2D eigenvalue weighted by atomic mass is 10.2. The van der Waals surface area contributed by atoms with Crippen molar-refractivity contribution in [2.24, 2.45) is 0 Å². The van der Waals surface area contributed by atoms with Crippen LogP contribution in [0.2, 0.25) is 0 Å². The van der Waals surface area contributed by atoms with Crippen LogP contribution < -0.4 is 0 Å². The van der Waals surface area contributed by atoms with E-state index in [1.807, 2.05) is 13.8 Å². The molecule has 0 spiro atoms. The molecule has 0 bridgehead atoms. The zero-order valence-electron chi connectivity index (χ0n) is 8.21. The van der Waals surface area contributed by atoms with E-state index in [9.17, 15) is 0 Å². The minimum atomic E-state index is -0.308. The number of nitrogens with zero attached hydrogens (tertiary/aromatic N) is 1. The van der Waals surface area contributed by atoms with Crippen molar-refractivity contribution >= 4 is 11.6 Å². The number of aromatic amines is 1. The molecule has 0 saturated carbocycles. The molecule has 0 aliphatic carbocycles. The van der Waals surface area contributed by atoms with Crippen LogP contribution in [0.15, 0.2) is 0 Å². The highest BCUT2D eigenvalue weighted by Gasteiger charge is 2.29. The molecule has 1 aromatic heterocycles. The number of aryl methyl sites for hydroxylation is 2. The highest BCUT2D eigenvalue weighted by Crippen LogP contribution is 2.30. The van der Waals surface area contributed by atoms with E-state index in [2.05, 4.69) is 10.2 Å². The second-order valence-electron chi connectivity index (χ2n) is 3.43. The standard InChI is InChI=1S/C9H13ClN2O2/c1-5-8(6(2)12-11-5)9-13-4-7(3-10)14-9/h7,9H,3-4H2,1-2H3,(H,11,12). The third-order valence-corrected chi connectivity index (χ3v) is 2.69. The SMILES string of the molecule is Cc1n[nH]c(C)c1C1OCC(CCl)O1. The quantitative estimate of drug-likeness (QED) is 0.766. The topological polar surface area (TPSA) is 47.1 Å². The second kappa shape index (κ2) is 3.88. The number of alkyl halides is 1. The highest BCUT2D eigenvalue weighted by molar-refractivity contribution is 6.18. The van der Waals surface area contributed by atoms with Gasteiger partial charge in [-0.3, -0.25) is 5.10 Å².